The molecule has 3 aromatic rings. The maximum absolute atomic E-state index is 13.1. The number of benzene rings is 1. The minimum atomic E-state index is -0.0886. The van der Waals surface area contributed by atoms with Crippen molar-refractivity contribution in [3.63, 3.8) is 0 Å². The van der Waals surface area contributed by atoms with Gasteiger partial charge in [0.1, 0.15) is 0 Å². The number of carbonyl (C=O) groups excluding carboxylic acids is 1. The lowest BCUT2D eigenvalue weighted by molar-refractivity contribution is 0.0305. The van der Waals surface area contributed by atoms with Gasteiger partial charge in [-0.1, -0.05) is 23.4 Å². The number of hydrogen-bond donors (Lipinski definition) is 2. The second kappa shape index (κ2) is 8.03. The SMILES string of the molecule is O=C(c1cc(CN2CCOCC2)on1)N1CCC2(CC1)NCCc1c2[nH]c2ccccc12. The third kappa shape index (κ3) is 3.43. The van der Waals surface area contributed by atoms with Crippen LogP contribution < -0.4 is 5.32 Å². The zero-order valence-corrected chi connectivity index (χ0v) is 18.2. The van der Waals surface area contributed by atoms with Gasteiger partial charge in [-0.2, -0.15) is 0 Å². The van der Waals surface area contributed by atoms with Crippen molar-refractivity contribution in [2.45, 2.75) is 31.3 Å². The van der Waals surface area contributed by atoms with Gasteiger partial charge in [-0.15, -0.1) is 0 Å². The Balaban J connectivity index is 1.15. The summed E-state index contributed by atoms with van der Waals surface area (Å²) in [7, 11) is 0. The molecule has 2 saturated heterocycles. The van der Waals surface area contributed by atoms with Crippen molar-refractivity contribution in [3.05, 3.63) is 53.0 Å². The Bertz CT molecular complexity index is 1120. The Labute approximate surface area is 186 Å². The van der Waals surface area contributed by atoms with Crippen molar-refractivity contribution < 1.29 is 14.1 Å². The van der Waals surface area contributed by atoms with Gasteiger partial charge in [0.25, 0.3) is 5.91 Å². The molecule has 0 unspecified atom stereocenters. The molecule has 0 bridgehead atoms. The van der Waals surface area contributed by atoms with Gasteiger partial charge in [-0.05, 0) is 30.9 Å². The number of piperidine rings is 1. The molecule has 8 nitrogen and oxygen atoms in total. The smallest absolute Gasteiger partial charge is 0.276 e. The van der Waals surface area contributed by atoms with Crippen molar-refractivity contribution in [3.8, 4) is 0 Å². The van der Waals surface area contributed by atoms with Crippen LogP contribution in [0.1, 0.15) is 40.3 Å². The van der Waals surface area contributed by atoms with E-state index in [9.17, 15) is 4.79 Å². The van der Waals surface area contributed by atoms with Crippen LogP contribution in [0.15, 0.2) is 34.9 Å². The Morgan fingerprint density at radius 2 is 1.94 bits per heavy atom. The molecule has 0 aliphatic carbocycles. The quantitative estimate of drug-likeness (QED) is 0.656. The van der Waals surface area contributed by atoms with E-state index in [0.29, 0.717) is 25.3 Å². The predicted molar refractivity (Wildman–Crippen MR) is 119 cm³/mol. The first-order chi connectivity index (χ1) is 15.7. The number of nitrogens with one attached hydrogen (secondary N) is 2. The number of ether oxygens (including phenoxy) is 1. The molecule has 168 valence electrons. The fourth-order valence-electron chi connectivity index (χ4n) is 5.53. The van der Waals surface area contributed by atoms with Gasteiger partial charge in [0.05, 0.1) is 25.3 Å². The average Bonchev–Trinajstić information content (AvgIpc) is 3.46. The number of aromatic amines is 1. The van der Waals surface area contributed by atoms with E-state index in [-0.39, 0.29) is 11.4 Å². The minimum absolute atomic E-state index is 0.0375. The van der Waals surface area contributed by atoms with E-state index >= 15 is 0 Å². The number of morpholine rings is 1. The van der Waals surface area contributed by atoms with E-state index in [1.54, 1.807) is 6.07 Å². The summed E-state index contributed by atoms with van der Waals surface area (Å²) in [6, 6.07) is 10.4. The van der Waals surface area contributed by atoms with E-state index in [1.165, 1.54) is 22.2 Å². The van der Waals surface area contributed by atoms with Gasteiger partial charge in [-0.25, -0.2) is 0 Å². The van der Waals surface area contributed by atoms with Crippen LogP contribution in [-0.4, -0.2) is 71.8 Å². The molecule has 3 aliphatic heterocycles. The third-order valence-electron chi connectivity index (χ3n) is 7.30. The van der Waals surface area contributed by atoms with E-state index in [4.69, 9.17) is 9.26 Å². The minimum Gasteiger partial charge on any atom is -0.379 e. The molecule has 32 heavy (non-hydrogen) atoms. The summed E-state index contributed by atoms with van der Waals surface area (Å²) in [5, 5.41) is 9.19. The number of H-pyrrole nitrogens is 1. The number of hydrogen-bond acceptors (Lipinski definition) is 6. The molecule has 0 radical (unpaired) electrons. The van der Waals surface area contributed by atoms with Crippen LogP contribution in [0.2, 0.25) is 0 Å². The maximum atomic E-state index is 13.1. The second-order valence-corrected chi connectivity index (χ2v) is 9.14. The summed E-state index contributed by atoms with van der Waals surface area (Å²) in [6.07, 6.45) is 2.81. The Morgan fingerprint density at radius 1 is 1.12 bits per heavy atom. The summed E-state index contributed by atoms with van der Waals surface area (Å²) in [5.41, 5.74) is 4.27. The molecule has 1 aromatic carbocycles. The van der Waals surface area contributed by atoms with Gasteiger partial charge in [0, 0.05) is 55.4 Å². The van der Waals surface area contributed by atoms with Crippen molar-refractivity contribution in [2.75, 3.05) is 45.9 Å². The first-order valence-corrected chi connectivity index (χ1v) is 11.6. The first-order valence-electron chi connectivity index (χ1n) is 11.6. The van der Waals surface area contributed by atoms with Crippen LogP contribution in [0.25, 0.3) is 10.9 Å². The van der Waals surface area contributed by atoms with Crippen molar-refractivity contribution in [2.24, 2.45) is 0 Å². The molecular formula is C24H29N5O3. The lowest BCUT2D eigenvalue weighted by atomic mass is 9.79. The van der Waals surface area contributed by atoms with Gasteiger partial charge in [0.15, 0.2) is 11.5 Å². The number of rotatable bonds is 3. The summed E-state index contributed by atoms with van der Waals surface area (Å²) >= 11 is 0. The number of nitrogens with zero attached hydrogens (tertiary/aromatic N) is 3. The van der Waals surface area contributed by atoms with Gasteiger partial charge in [0.2, 0.25) is 0 Å². The summed E-state index contributed by atoms with van der Waals surface area (Å²) in [4.78, 5) is 21.0. The molecule has 3 aliphatic rings. The molecule has 6 rings (SSSR count). The van der Waals surface area contributed by atoms with Gasteiger partial charge in [-0.3, -0.25) is 9.69 Å². The molecule has 2 aromatic heterocycles. The number of carbonyl (C=O) groups is 1. The number of likely N-dealkylation sites (tertiary alicyclic amines) is 1. The molecular weight excluding hydrogens is 406 g/mol. The third-order valence-corrected chi connectivity index (χ3v) is 7.30. The molecule has 2 fully saturated rings. The number of amides is 1. The average molecular weight is 436 g/mol. The van der Waals surface area contributed by atoms with Crippen LogP contribution in [0.3, 0.4) is 0 Å². The Morgan fingerprint density at radius 3 is 2.78 bits per heavy atom. The van der Waals surface area contributed by atoms with Gasteiger partial charge < -0.3 is 24.5 Å². The molecule has 5 heterocycles. The summed E-state index contributed by atoms with van der Waals surface area (Å²) in [6.45, 7) is 6.26. The topological polar surface area (TPSA) is 86.6 Å². The highest BCUT2D eigenvalue weighted by Crippen LogP contribution is 2.40. The normalized spacial score (nSPS) is 21.2. The molecule has 1 spiro atoms. The maximum Gasteiger partial charge on any atom is 0.276 e. The lowest BCUT2D eigenvalue weighted by Crippen LogP contribution is -2.55. The lowest BCUT2D eigenvalue weighted by Gasteiger charge is -2.44. The second-order valence-electron chi connectivity index (χ2n) is 9.14. The molecule has 1 amide bonds. The Kier molecular flexibility index (Phi) is 5.01. The highest BCUT2D eigenvalue weighted by atomic mass is 16.5. The van der Waals surface area contributed by atoms with E-state index < -0.39 is 0 Å². The van der Waals surface area contributed by atoms with Crippen molar-refractivity contribution in [1.82, 2.24) is 25.3 Å². The monoisotopic (exact) mass is 435 g/mol. The van der Waals surface area contributed by atoms with Crippen molar-refractivity contribution >= 4 is 16.8 Å². The van der Waals surface area contributed by atoms with Crippen molar-refractivity contribution in [1.29, 1.82) is 0 Å². The van der Waals surface area contributed by atoms with Crippen LogP contribution in [0.5, 0.6) is 0 Å². The largest absolute Gasteiger partial charge is 0.379 e. The summed E-state index contributed by atoms with van der Waals surface area (Å²) < 4.78 is 10.9. The summed E-state index contributed by atoms with van der Waals surface area (Å²) in [5.74, 6) is 0.699. The first kappa shape index (κ1) is 20.0. The molecule has 8 heteroatoms. The fourth-order valence-corrected chi connectivity index (χ4v) is 5.53. The fraction of sp³-hybridized carbons (Fsp3) is 0.500. The predicted octanol–water partition coefficient (Wildman–Crippen LogP) is 2.27. The van der Waals surface area contributed by atoms with Crippen LogP contribution in [0, 0.1) is 0 Å². The zero-order chi connectivity index (χ0) is 21.5. The number of para-hydroxylation sites is 1. The standard InChI is InChI=1S/C24H29N5O3/c30-23(21-15-17(32-27-21)16-28-11-13-31-14-12-28)29-9-6-24(7-10-29)22-19(5-8-25-24)18-3-1-2-4-20(18)26-22/h1-4,15,25-26H,5-14,16H2. The highest BCUT2D eigenvalue weighted by Gasteiger charge is 2.42. The molecule has 0 saturated carbocycles. The van der Waals surface area contributed by atoms with E-state index in [1.807, 2.05) is 4.90 Å². The van der Waals surface area contributed by atoms with E-state index in [0.717, 1.165) is 57.9 Å². The molecule has 2 N–H and O–H groups in total. The zero-order valence-electron chi connectivity index (χ0n) is 18.2. The number of aromatic nitrogens is 2. The van der Waals surface area contributed by atoms with Crippen LogP contribution in [-0.2, 0) is 23.2 Å². The van der Waals surface area contributed by atoms with Crippen LogP contribution in [0.4, 0.5) is 0 Å². The van der Waals surface area contributed by atoms with Gasteiger partial charge >= 0.3 is 0 Å². The van der Waals surface area contributed by atoms with Crippen LogP contribution >= 0.6 is 0 Å². The van der Waals surface area contributed by atoms with E-state index in [2.05, 4.69) is 44.6 Å². The highest BCUT2D eigenvalue weighted by molar-refractivity contribution is 5.92. The molecule has 0 atom stereocenters. The Hall–Kier alpha value is -2.68. The number of fused-ring (bicyclic) bond motifs is 4.